The van der Waals surface area contributed by atoms with Crippen LogP contribution in [0.3, 0.4) is 0 Å². The van der Waals surface area contributed by atoms with Gasteiger partial charge < -0.3 is 24.6 Å². The molecule has 196 valence electrons. The van der Waals surface area contributed by atoms with Crippen LogP contribution in [0.2, 0.25) is 6.82 Å². The minimum atomic E-state index is -0.404. The van der Waals surface area contributed by atoms with E-state index in [-0.39, 0.29) is 24.1 Å². The Labute approximate surface area is 219 Å². The standard InChI is InChI=1S/C15H20BNO3.C14H17NO2/c1-16(19)17-12-7-8-13(17)10-14(9-12)20-15(18)11-5-3-2-4-6-11;16-14(10-4-2-1-3-5-10)17-13-8-11-6-7-12(9-13)15-11/h2-6,12-14,19H,7-10H2,1H3;1-5,11-13,15H,6-9H2/t12-,13+,14?;11-,12+,13?. The van der Waals surface area contributed by atoms with Gasteiger partial charge in [0.1, 0.15) is 12.2 Å². The Morgan fingerprint density at radius 3 is 1.62 bits per heavy atom. The number of carbonyl (C=O) groups excluding carboxylic acids is 2. The van der Waals surface area contributed by atoms with Crippen molar-refractivity contribution >= 4 is 19.0 Å². The van der Waals surface area contributed by atoms with Crippen LogP contribution >= 0.6 is 0 Å². The summed E-state index contributed by atoms with van der Waals surface area (Å²) in [7, 11) is -0.404. The zero-order valence-electron chi connectivity index (χ0n) is 21.5. The summed E-state index contributed by atoms with van der Waals surface area (Å²) in [5.41, 5.74) is 1.26. The van der Waals surface area contributed by atoms with Crippen molar-refractivity contribution < 1.29 is 24.1 Å². The topological polar surface area (TPSA) is 88.1 Å². The molecular formula is C29H37BN2O5. The van der Waals surface area contributed by atoms with Crippen molar-refractivity contribution in [2.45, 2.75) is 94.6 Å². The number of hydrogen-bond acceptors (Lipinski definition) is 7. The molecule has 0 radical (unpaired) electrons. The second-order valence-corrected chi connectivity index (χ2v) is 10.8. The molecule has 37 heavy (non-hydrogen) atoms. The number of fused-ring (bicyclic) bond motifs is 4. The number of nitrogens with one attached hydrogen (secondary N) is 1. The van der Waals surface area contributed by atoms with E-state index in [4.69, 9.17) is 9.47 Å². The SMILES string of the molecule is CB(O)N1[C@@H]2CC[C@H]1CC(OC(=O)c1ccccc1)C2.O=C(OC1C[C@H]2CC[C@@H](C1)N2)c1ccccc1. The van der Waals surface area contributed by atoms with Crippen LogP contribution in [0.25, 0.3) is 0 Å². The van der Waals surface area contributed by atoms with Gasteiger partial charge in [-0.15, -0.1) is 0 Å². The first-order valence-electron chi connectivity index (χ1n) is 13.7. The van der Waals surface area contributed by atoms with Crippen molar-refractivity contribution in [1.82, 2.24) is 10.1 Å². The van der Waals surface area contributed by atoms with E-state index in [1.165, 1.54) is 12.8 Å². The Hall–Kier alpha value is -2.68. The molecule has 6 rings (SSSR count). The van der Waals surface area contributed by atoms with Crippen molar-refractivity contribution in [3.8, 4) is 0 Å². The molecule has 8 heteroatoms. The number of ether oxygens (including phenoxy) is 2. The third kappa shape index (κ3) is 6.43. The number of rotatable bonds is 5. The van der Waals surface area contributed by atoms with Crippen LogP contribution in [0.15, 0.2) is 60.7 Å². The normalized spacial score (nSPS) is 30.1. The van der Waals surface area contributed by atoms with Gasteiger partial charge >= 0.3 is 19.0 Å². The summed E-state index contributed by atoms with van der Waals surface area (Å²) in [6, 6.07) is 20.2. The van der Waals surface area contributed by atoms with Gasteiger partial charge in [0.05, 0.1) is 11.1 Å². The fraction of sp³-hybridized carbons (Fsp3) is 0.517. The molecule has 4 saturated heterocycles. The summed E-state index contributed by atoms with van der Waals surface area (Å²) in [5, 5.41) is 13.4. The van der Waals surface area contributed by atoms with Gasteiger partial charge in [-0.25, -0.2) is 9.59 Å². The number of carbonyl (C=O) groups is 2. The first kappa shape index (κ1) is 26.0. The molecule has 2 unspecified atom stereocenters. The summed E-state index contributed by atoms with van der Waals surface area (Å²) >= 11 is 0. The van der Waals surface area contributed by atoms with Crippen LogP contribution in [-0.2, 0) is 9.47 Å². The number of benzene rings is 2. The van der Waals surface area contributed by atoms with Gasteiger partial charge in [-0.05, 0) is 82.5 Å². The average molecular weight is 504 g/mol. The Bertz CT molecular complexity index is 1030. The molecular weight excluding hydrogens is 467 g/mol. The monoisotopic (exact) mass is 504 g/mol. The highest BCUT2D eigenvalue weighted by Gasteiger charge is 2.44. The van der Waals surface area contributed by atoms with E-state index in [0.717, 1.165) is 38.5 Å². The zero-order valence-corrected chi connectivity index (χ0v) is 21.5. The van der Waals surface area contributed by atoms with E-state index >= 15 is 0 Å². The number of hydrogen-bond donors (Lipinski definition) is 2. The molecule has 0 amide bonds. The van der Waals surface area contributed by atoms with Crippen LogP contribution < -0.4 is 5.32 Å². The van der Waals surface area contributed by atoms with E-state index in [1.54, 1.807) is 24.3 Å². The minimum Gasteiger partial charge on any atom is -0.459 e. The molecule has 0 aromatic heterocycles. The van der Waals surface area contributed by atoms with E-state index in [1.807, 2.05) is 43.2 Å². The predicted molar refractivity (Wildman–Crippen MR) is 142 cm³/mol. The Kier molecular flexibility index (Phi) is 8.28. The highest BCUT2D eigenvalue weighted by atomic mass is 16.5. The molecule has 4 heterocycles. The van der Waals surface area contributed by atoms with Crippen molar-refractivity contribution in [3.05, 3.63) is 71.8 Å². The van der Waals surface area contributed by atoms with Gasteiger partial charge in [-0.2, -0.15) is 0 Å². The van der Waals surface area contributed by atoms with E-state index < -0.39 is 7.05 Å². The molecule has 2 aromatic carbocycles. The van der Waals surface area contributed by atoms with Crippen LogP contribution in [0.4, 0.5) is 0 Å². The van der Waals surface area contributed by atoms with Gasteiger partial charge in [0.25, 0.3) is 0 Å². The second kappa shape index (κ2) is 11.8. The lowest BCUT2D eigenvalue weighted by Crippen LogP contribution is -2.52. The van der Waals surface area contributed by atoms with Crippen molar-refractivity contribution in [2.24, 2.45) is 0 Å². The fourth-order valence-corrected chi connectivity index (χ4v) is 6.56. The summed E-state index contributed by atoms with van der Waals surface area (Å²) in [6.07, 6.45) is 8.32. The van der Waals surface area contributed by atoms with Crippen LogP contribution in [0.1, 0.15) is 72.1 Å². The number of piperidine rings is 2. The third-order valence-electron chi connectivity index (χ3n) is 8.17. The predicted octanol–water partition coefficient (Wildman–Crippen LogP) is 4.08. The van der Waals surface area contributed by atoms with Crippen molar-refractivity contribution in [1.29, 1.82) is 0 Å². The molecule has 4 fully saturated rings. The van der Waals surface area contributed by atoms with Crippen LogP contribution in [-0.4, -0.2) is 65.2 Å². The maximum absolute atomic E-state index is 12.1. The lowest BCUT2D eigenvalue weighted by molar-refractivity contribution is 0.00597. The first-order valence-corrected chi connectivity index (χ1v) is 13.7. The highest BCUT2D eigenvalue weighted by molar-refractivity contribution is 6.45. The van der Waals surface area contributed by atoms with E-state index in [9.17, 15) is 14.6 Å². The fourth-order valence-electron chi connectivity index (χ4n) is 6.56. The molecule has 0 spiro atoms. The van der Waals surface area contributed by atoms with Gasteiger partial charge in [-0.3, -0.25) is 0 Å². The zero-order chi connectivity index (χ0) is 25.8. The number of esters is 2. The summed E-state index contributed by atoms with van der Waals surface area (Å²) in [4.78, 5) is 26.2. The third-order valence-corrected chi connectivity index (χ3v) is 8.17. The molecule has 0 aliphatic carbocycles. The van der Waals surface area contributed by atoms with Gasteiger partial charge in [0.2, 0.25) is 0 Å². The van der Waals surface area contributed by atoms with Gasteiger partial charge in [0.15, 0.2) is 0 Å². The van der Waals surface area contributed by atoms with Crippen LogP contribution in [0.5, 0.6) is 0 Å². The van der Waals surface area contributed by atoms with Crippen molar-refractivity contribution in [3.63, 3.8) is 0 Å². The number of nitrogens with zero attached hydrogens (tertiary/aromatic N) is 1. The Morgan fingerprint density at radius 2 is 1.19 bits per heavy atom. The van der Waals surface area contributed by atoms with Crippen molar-refractivity contribution in [2.75, 3.05) is 0 Å². The molecule has 4 aliphatic heterocycles. The average Bonchev–Trinajstić information content (AvgIpc) is 3.40. The molecule has 7 nitrogen and oxygen atoms in total. The smallest absolute Gasteiger partial charge is 0.376 e. The molecule has 2 N–H and O–H groups in total. The lowest BCUT2D eigenvalue weighted by Gasteiger charge is -2.39. The Balaban J connectivity index is 0.000000153. The van der Waals surface area contributed by atoms with E-state index in [2.05, 4.69) is 10.1 Å². The highest BCUT2D eigenvalue weighted by Crippen LogP contribution is 2.37. The molecule has 2 aromatic rings. The molecule has 6 atom stereocenters. The first-order chi connectivity index (χ1) is 18.0. The summed E-state index contributed by atoms with van der Waals surface area (Å²) in [6.45, 7) is 1.82. The maximum atomic E-state index is 12.1. The van der Waals surface area contributed by atoms with Crippen LogP contribution in [0, 0.1) is 0 Å². The summed E-state index contributed by atoms with van der Waals surface area (Å²) < 4.78 is 11.2. The Morgan fingerprint density at radius 1 is 0.757 bits per heavy atom. The quantitative estimate of drug-likeness (QED) is 0.469. The molecule has 0 saturated carbocycles. The minimum absolute atomic E-state index is 0.0183. The molecule has 4 bridgehead atoms. The van der Waals surface area contributed by atoms with E-state index in [0.29, 0.717) is 35.3 Å². The summed E-state index contributed by atoms with van der Waals surface area (Å²) in [5.74, 6) is -0.419. The second-order valence-electron chi connectivity index (χ2n) is 10.8. The van der Waals surface area contributed by atoms with Gasteiger partial charge in [-0.1, -0.05) is 36.4 Å². The molecule has 4 aliphatic rings. The van der Waals surface area contributed by atoms with Gasteiger partial charge in [0, 0.05) is 24.2 Å². The maximum Gasteiger partial charge on any atom is 0.376 e. The lowest BCUT2D eigenvalue weighted by atomic mass is 9.79. The largest absolute Gasteiger partial charge is 0.459 e.